The largest absolute Gasteiger partial charge is 0.493 e. The molecule has 28 heavy (non-hydrogen) atoms. The van der Waals surface area contributed by atoms with Gasteiger partial charge in [0.1, 0.15) is 0 Å². The molecule has 0 aliphatic carbocycles. The molecule has 6 heteroatoms. The Bertz CT molecular complexity index is 743. The fourth-order valence-electron chi connectivity index (χ4n) is 2.98. The van der Waals surface area contributed by atoms with E-state index in [2.05, 4.69) is 29.4 Å². The Morgan fingerprint density at radius 2 is 1.71 bits per heavy atom. The standard InChI is InChI=1S/C22H31N3O3/c1-5-25(6-2)19-11-9-18(10-12-19)24-22(26)23-15-14-17-8-13-20(28-7-3)21(16-17)27-4/h8-13,16H,5-7,14-15H2,1-4H3,(H2,23,24,26). The molecule has 6 nitrogen and oxygen atoms in total. The van der Waals surface area contributed by atoms with E-state index in [1.54, 1.807) is 7.11 Å². The summed E-state index contributed by atoms with van der Waals surface area (Å²) in [5.41, 5.74) is 3.00. The van der Waals surface area contributed by atoms with Gasteiger partial charge >= 0.3 is 6.03 Å². The van der Waals surface area contributed by atoms with Crippen LogP contribution in [0.3, 0.4) is 0 Å². The molecule has 152 valence electrons. The topological polar surface area (TPSA) is 62.8 Å². The third-order valence-corrected chi connectivity index (χ3v) is 4.48. The molecule has 0 fully saturated rings. The molecule has 2 aromatic carbocycles. The van der Waals surface area contributed by atoms with Crippen molar-refractivity contribution in [3.63, 3.8) is 0 Å². The van der Waals surface area contributed by atoms with Gasteiger partial charge in [0.15, 0.2) is 11.5 Å². The molecule has 2 amide bonds. The molecular weight excluding hydrogens is 354 g/mol. The van der Waals surface area contributed by atoms with Gasteiger partial charge in [-0.15, -0.1) is 0 Å². The number of hydrogen-bond acceptors (Lipinski definition) is 4. The molecule has 0 spiro atoms. The number of methoxy groups -OCH3 is 1. The number of nitrogens with one attached hydrogen (secondary N) is 2. The van der Waals surface area contributed by atoms with Gasteiger partial charge in [-0.25, -0.2) is 4.79 Å². The van der Waals surface area contributed by atoms with Crippen LogP contribution in [0.25, 0.3) is 0 Å². The number of amides is 2. The first-order valence-electron chi connectivity index (χ1n) is 9.80. The number of carbonyl (C=O) groups is 1. The van der Waals surface area contributed by atoms with E-state index in [0.717, 1.165) is 35.8 Å². The lowest BCUT2D eigenvalue weighted by atomic mass is 10.1. The lowest BCUT2D eigenvalue weighted by Gasteiger charge is -2.21. The molecule has 2 rings (SSSR count). The van der Waals surface area contributed by atoms with Gasteiger partial charge in [0.2, 0.25) is 0 Å². The molecule has 2 aromatic rings. The van der Waals surface area contributed by atoms with E-state index >= 15 is 0 Å². The summed E-state index contributed by atoms with van der Waals surface area (Å²) in [6, 6.07) is 13.5. The van der Waals surface area contributed by atoms with Crippen molar-refractivity contribution < 1.29 is 14.3 Å². The first-order valence-corrected chi connectivity index (χ1v) is 9.80. The molecule has 0 aliphatic heterocycles. The zero-order valence-electron chi connectivity index (χ0n) is 17.2. The molecular formula is C22H31N3O3. The lowest BCUT2D eigenvalue weighted by Crippen LogP contribution is -2.30. The molecule has 0 radical (unpaired) electrons. The van der Waals surface area contributed by atoms with Crippen molar-refractivity contribution in [2.45, 2.75) is 27.2 Å². The minimum Gasteiger partial charge on any atom is -0.493 e. The number of carbonyl (C=O) groups excluding carboxylic acids is 1. The summed E-state index contributed by atoms with van der Waals surface area (Å²) in [5.74, 6) is 1.43. The van der Waals surface area contributed by atoms with Crippen LogP contribution in [0.1, 0.15) is 26.3 Å². The molecule has 0 saturated heterocycles. The Morgan fingerprint density at radius 1 is 1.00 bits per heavy atom. The monoisotopic (exact) mass is 385 g/mol. The highest BCUT2D eigenvalue weighted by Crippen LogP contribution is 2.28. The highest BCUT2D eigenvalue weighted by Gasteiger charge is 2.07. The highest BCUT2D eigenvalue weighted by molar-refractivity contribution is 5.89. The second-order valence-corrected chi connectivity index (χ2v) is 6.27. The van der Waals surface area contributed by atoms with Crippen LogP contribution in [-0.4, -0.2) is 39.4 Å². The van der Waals surface area contributed by atoms with Gasteiger partial charge in [-0.1, -0.05) is 6.07 Å². The van der Waals surface area contributed by atoms with Crippen LogP contribution in [-0.2, 0) is 6.42 Å². The fourth-order valence-corrected chi connectivity index (χ4v) is 2.98. The maximum atomic E-state index is 12.1. The molecule has 0 heterocycles. The van der Waals surface area contributed by atoms with Crippen LogP contribution in [0.2, 0.25) is 0 Å². The third kappa shape index (κ3) is 6.08. The van der Waals surface area contributed by atoms with Gasteiger partial charge in [0.05, 0.1) is 13.7 Å². The van der Waals surface area contributed by atoms with Crippen molar-refractivity contribution in [3.05, 3.63) is 48.0 Å². The quantitative estimate of drug-likeness (QED) is 0.640. The van der Waals surface area contributed by atoms with Crippen molar-refractivity contribution in [1.29, 1.82) is 0 Å². The number of ether oxygens (including phenoxy) is 2. The van der Waals surface area contributed by atoms with Gasteiger partial charge in [0.25, 0.3) is 0 Å². The lowest BCUT2D eigenvalue weighted by molar-refractivity contribution is 0.252. The zero-order valence-corrected chi connectivity index (χ0v) is 17.2. The molecule has 0 bridgehead atoms. The number of benzene rings is 2. The van der Waals surface area contributed by atoms with Gasteiger partial charge in [0, 0.05) is 31.0 Å². The van der Waals surface area contributed by atoms with E-state index in [4.69, 9.17) is 9.47 Å². The predicted molar refractivity (Wildman–Crippen MR) is 115 cm³/mol. The van der Waals surface area contributed by atoms with Crippen LogP contribution in [0.5, 0.6) is 11.5 Å². The maximum Gasteiger partial charge on any atom is 0.319 e. The smallest absolute Gasteiger partial charge is 0.319 e. The summed E-state index contributed by atoms with van der Waals surface area (Å²) in [4.78, 5) is 14.4. The first kappa shape index (κ1) is 21.4. The van der Waals surface area contributed by atoms with Gasteiger partial charge in [-0.2, -0.15) is 0 Å². The van der Waals surface area contributed by atoms with Crippen molar-refractivity contribution >= 4 is 17.4 Å². The maximum absolute atomic E-state index is 12.1. The van der Waals surface area contributed by atoms with Gasteiger partial charge < -0.3 is 25.0 Å². The van der Waals surface area contributed by atoms with Crippen molar-refractivity contribution in [3.8, 4) is 11.5 Å². The van der Waals surface area contributed by atoms with Crippen LogP contribution in [0, 0.1) is 0 Å². The summed E-state index contributed by atoms with van der Waals surface area (Å²) < 4.78 is 10.9. The second kappa shape index (κ2) is 11.1. The minimum atomic E-state index is -0.214. The van der Waals surface area contributed by atoms with E-state index < -0.39 is 0 Å². The van der Waals surface area contributed by atoms with E-state index in [9.17, 15) is 4.79 Å². The Morgan fingerprint density at radius 3 is 2.32 bits per heavy atom. The normalized spacial score (nSPS) is 10.3. The summed E-state index contributed by atoms with van der Waals surface area (Å²) in [5, 5.41) is 5.75. The average Bonchev–Trinajstić information content (AvgIpc) is 2.71. The van der Waals surface area contributed by atoms with Crippen molar-refractivity contribution in [1.82, 2.24) is 5.32 Å². The third-order valence-electron chi connectivity index (χ3n) is 4.48. The second-order valence-electron chi connectivity index (χ2n) is 6.27. The van der Waals surface area contributed by atoms with Crippen molar-refractivity contribution in [2.24, 2.45) is 0 Å². The molecule has 0 unspecified atom stereocenters. The Hall–Kier alpha value is -2.89. The van der Waals surface area contributed by atoms with Crippen LogP contribution in [0.15, 0.2) is 42.5 Å². The minimum absolute atomic E-state index is 0.214. The number of anilines is 2. The van der Waals surface area contributed by atoms with Gasteiger partial charge in [-0.3, -0.25) is 0 Å². The molecule has 2 N–H and O–H groups in total. The summed E-state index contributed by atoms with van der Waals surface area (Å²) in [6.45, 7) is 9.23. The van der Waals surface area contributed by atoms with E-state index in [1.807, 2.05) is 49.4 Å². The number of hydrogen-bond donors (Lipinski definition) is 2. The number of nitrogens with zero attached hydrogens (tertiary/aromatic N) is 1. The predicted octanol–water partition coefficient (Wildman–Crippen LogP) is 4.30. The number of rotatable bonds is 10. The summed E-state index contributed by atoms with van der Waals surface area (Å²) >= 11 is 0. The van der Waals surface area contributed by atoms with Crippen LogP contribution in [0.4, 0.5) is 16.2 Å². The van der Waals surface area contributed by atoms with E-state index in [0.29, 0.717) is 25.3 Å². The zero-order chi connectivity index (χ0) is 20.4. The molecule has 0 atom stereocenters. The van der Waals surface area contributed by atoms with Crippen molar-refractivity contribution in [2.75, 3.05) is 43.6 Å². The SMILES string of the molecule is CCOc1ccc(CCNC(=O)Nc2ccc(N(CC)CC)cc2)cc1OC. The molecule has 0 aliphatic rings. The molecule has 0 aromatic heterocycles. The number of urea groups is 1. The van der Waals surface area contributed by atoms with Gasteiger partial charge in [-0.05, 0) is 69.2 Å². The van der Waals surface area contributed by atoms with E-state index in [-0.39, 0.29) is 6.03 Å². The fraction of sp³-hybridized carbons (Fsp3) is 0.409. The summed E-state index contributed by atoms with van der Waals surface area (Å²) in [6.07, 6.45) is 0.705. The molecule has 0 saturated carbocycles. The van der Waals surface area contributed by atoms with E-state index in [1.165, 1.54) is 0 Å². The first-order chi connectivity index (χ1) is 13.6. The highest BCUT2D eigenvalue weighted by atomic mass is 16.5. The Kier molecular flexibility index (Phi) is 8.46. The summed E-state index contributed by atoms with van der Waals surface area (Å²) in [7, 11) is 1.62. The van der Waals surface area contributed by atoms with Crippen LogP contribution >= 0.6 is 0 Å². The Balaban J connectivity index is 1.82. The average molecular weight is 386 g/mol. The Labute approximate surface area is 167 Å². The van der Waals surface area contributed by atoms with Crippen LogP contribution < -0.4 is 25.0 Å².